The second-order valence-electron chi connectivity index (χ2n) is 7.83. The molecule has 162 valence electrons. The number of aromatic amines is 2. The first-order valence-corrected chi connectivity index (χ1v) is 11.8. The van der Waals surface area contributed by atoms with E-state index in [0.717, 1.165) is 57.5 Å². The van der Waals surface area contributed by atoms with Gasteiger partial charge in [-0.2, -0.15) is 16.4 Å². The quantitative estimate of drug-likeness (QED) is 0.315. The standard InChI is InChI=1S/C25H21N7S/c1-2-26-11-15-10-17(13-27-12-15)19-6-7-21-23(28-19)24(32-31-21)25-29-20-5-3-4-18(22(20)30-25)16-8-9-33-14-16/h3-10,12-14,26H,2,11H2,1H3,(H,29,30)(H,31,32). The van der Waals surface area contributed by atoms with Crippen LogP contribution in [-0.2, 0) is 6.54 Å². The highest BCUT2D eigenvalue weighted by atomic mass is 32.1. The highest BCUT2D eigenvalue weighted by Gasteiger charge is 2.17. The Kier molecular flexibility index (Phi) is 4.93. The van der Waals surface area contributed by atoms with Gasteiger partial charge in [-0.25, -0.2) is 9.97 Å². The lowest BCUT2D eigenvalue weighted by Crippen LogP contribution is -2.11. The number of thiophene rings is 1. The van der Waals surface area contributed by atoms with Crippen molar-refractivity contribution < 1.29 is 0 Å². The number of hydrogen-bond donors (Lipinski definition) is 3. The molecule has 0 fully saturated rings. The molecular weight excluding hydrogens is 430 g/mol. The summed E-state index contributed by atoms with van der Waals surface area (Å²) in [5, 5.41) is 15.2. The first-order valence-electron chi connectivity index (χ1n) is 10.8. The Morgan fingerprint density at radius 3 is 2.82 bits per heavy atom. The van der Waals surface area contributed by atoms with Crippen LogP contribution in [0.5, 0.6) is 0 Å². The van der Waals surface area contributed by atoms with Crippen molar-refractivity contribution in [1.82, 2.24) is 35.5 Å². The summed E-state index contributed by atoms with van der Waals surface area (Å²) >= 11 is 1.68. The molecule has 0 aliphatic rings. The number of fused-ring (bicyclic) bond motifs is 2. The Labute approximate surface area is 194 Å². The second-order valence-corrected chi connectivity index (χ2v) is 8.61. The van der Waals surface area contributed by atoms with Crippen LogP contribution in [0.4, 0.5) is 0 Å². The first kappa shape index (κ1) is 19.8. The van der Waals surface area contributed by atoms with Crippen LogP contribution < -0.4 is 5.32 Å². The molecule has 0 aliphatic carbocycles. The average molecular weight is 452 g/mol. The van der Waals surface area contributed by atoms with E-state index >= 15 is 0 Å². The summed E-state index contributed by atoms with van der Waals surface area (Å²) < 4.78 is 0. The van der Waals surface area contributed by atoms with Gasteiger partial charge in [0.05, 0.1) is 22.2 Å². The van der Waals surface area contributed by atoms with Gasteiger partial charge in [0.2, 0.25) is 0 Å². The lowest BCUT2D eigenvalue weighted by atomic mass is 10.1. The van der Waals surface area contributed by atoms with Crippen molar-refractivity contribution in [2.75, 3.05) is 6.54 Å². The summed E-state index contributed by atoms with van der Waals surface area (Å²) in [6.07, 6.45) is 3.73. The Hall–Kier alpha value is -3.88. The third kappa shape index (κ3) is 3.59. The zero-order valence-corrected chi connectivity index (χ0v) is 18.8. The van der Waals surface area contributed by atoms with Crippen LogP contribution in [0.2, 0.25) is 0 Å². The number of nitrogens with zero attached hydrogens (tertiary/aromatic N) is 4. The van der Waals surface area contributed by atoms with Crippen molar-refractivity contribution >= 4 is 33.4 Å². The maximum absolute atomic E-state index is 4.93. The van der Waals surface area contributed by atoms with Crippen molar-refractivity contribution in [3.63, 3.8) is 0 Å². The lowest BCUT2D eigenvalue weighted by Gasteiger charge is -2.05. The van der Waals surface area contributed by atoms with Gasteiger partial charge in [0.15, 0.2) is 11.5 Å². The maximum atomic E-state index is 4.93. The zero-order valence-electron chi connectivity index (χ0n) is 18.0. The van der Waals surface area contributed by atoms with Gasteiger partial charge in [-0.3, -0.25) is 10.1 Å². The summed E-state index contributed by atoms with van der Waals surface area (Å²) in [5.41, 5.74) is 9.48. The van der Waals surface area contributed by atoms with Crippen LogP contribution in [0.3, 0.4) is 0 Å². The molecule has 0 saturated carbocycles. The van der Waals surface area contributed by atoms with E-state index in [0.29, 0.717) is 11.5 Å². The summed E-state index contributed by atoms with van der Waals surface area (Å²) in [4.78, 5) is 17.7. The number of aromatic nitrogens is 6. The number of benzene rings is 1. The van der Waals surface area contributed by atoms with Crippen LogP contribution >= 0.6 is 11.3 Å². The lowest BCUT2D eigenvalue weighted by molar-refractivity contribution is 0.724. The normalized spacial score (nSPS) is 11.5. The minimum absolute atomic E-state index is 0.697. The SMILES string of the molecule is CCNCc1cncc(-c2ccc3[nH]nc(-c4nc5c(-c6ccsc6)cccc5[nH]4)c3n2)c1. The highest BCUT2D eigenvalue weighted by molar-refractivity contribution is 7.08. The van der Waals surface area contributed by atoms with Crippen LogP contribution in [0, 0.1) is 0 Å². The third-order valence-electron chi connectivity index (χ3n) is 5.65. The molecule has 5 aromatic heterocycles. The molecule has 0 unspecified atom stereocenters. The fourth-order valence-electron chi connectivity index (χ4n) is 4.01. The first-order chi connectivity index (χ1) is 16.3. The number of para-hydroxylation sites is 1. The number of nitrogens with one attached hydrogen (secondary N) is 3. The Morgan fingerprint density at radius 2 is 1.94 bits per heavy atom. The van der Waals surface area contributed by atoms with Crippen molar-refractivity contribution in [1.29, 1.82) is 0 Å². The van der Waals surface area contributed by atoms with Crippen LogP contribution in [0.1, 0.15) is 12.5 Å². The van der Waals surface area contributed by atoms with Crippen LogP contribution in [-0.4, -0.2) is 36.7 Å². The molecular formula is C25H21N7S. The predicted octanol–water partition coefficient (Wildman–Crippen LogP) is 5.40. The highest BCUT2D eigenvalue weighted by Crippen LogP contribution is 2.32. The van der Waals surface area contributed by atoms with Crippen LogP contribution in [0.25, 0.3) is 56.0 Å². The van der Waals surface area contributed by atoms with Gasteiger partial charge in [0.25, 0.3) is 0 Å². The van der Waals surface area contributed by atoms with Crippen LogP contribution in [0.15, 0.2) is 65.6 Å². The summed E-state index contributed by atoms with van der Waals surface area (Å²) in [6.45, 7) is 3.79. The molecule has 5 heterocycles. The molecule has 6 rings (SSSR count). The molecule has 0 atom stereocenters. The molecule has 0 bridgehead atoms. The van der Waals surface area contributed by atoms with E-state index in [1.54, 1.807) is 11.3 Å². The van der Waals surface area contributed by atoms with Crippen molar-refractivity contribution in [2.45, 2.75) is 13.5 Å². The van der Waals surface area contributed by atoms with Gasteiger partial charge in [0, 0.05) is 30.1 Å². The second kappa shape index (κ2) is 8.23. The molecule has 8 heteroatoms. The topological polar surface area (TPSA) is 95.2 Å². The van der Waals surface area contributed by atoms with Gasteiger partial charge in [-0.05, 0) is 58.8 Å². The Morgan fingerprint density at radius 1 is 0.970 bits per heavy atom. The number of H-pyrrole nitrogens is 2. The molecule has 0 spiro atoms. The molecule has 33 heavy (non-hydrogen) atoms. The van der Waals surface area contributed by atoms with E-state index in [4.69, 9.17) is 9.97 Å². The largest absolute Gasteiger partial charge is 0.336 e. The van der Waals surface area contributed by atoms with E-state index < -0.39 is 0 Å². The predicted molar refractivity (Wildman–Crippen MR) is 133 cm³/mol. The molecule has 0 saturated heterocycles. The molecule has 7 nitrogen and oxygen atoms in total. The summed E-state index contributed by atoms with van der Waals surface area (Å²) in [5.74, 6) is 0.697. The van der Waals surface area contributed by atoms with E-state index in [9.17, 15) is 0 Å². The van der Waals surface area contributed by atoms with Gasteiger partial charge < -0.3 is 10.3 Å². The Bertz CT molecular complexity index is 1560. The van der Waals surface area contributed by atoms with E-state index in [2.05, 4.69) is 61.4 Å². The van der Waals surface area contributed by atoms with Gasteiger partial charge in [-0.1, -0.05) is 19.1 Å². The molecule has 6 aromatic rings. The number of imidazole rings is 1. The number of pyridine rings is 2. The van der Waals surface area contributed by atoms with Crippen molar-refractivity contribution in [3.05, 3.63) is 71.2 Å². The van der Waals surface area contributed by atoms with E-state index in [1.165, 1.54) is 5.56 Å². The molecule has 0 aliphatic heterocycles. The summed E-state index contributed by atoms with van der Waals surface area (Å²) in [7, 11) is 0. The number of hydrogen-bond acceptors (Lipinski definition) is 6. The van der Waals surface area contributed by atoms with E-state index in [1.807, 2.05) is 36.7 Å². The maximum Gasteiger partial charge on any atom is 0.161 e. The molecule has 1 aromatic carbocycles. The van der Waals surface area contributed by atoms with Gasteiger partial charge in [0.1, 0.15) is 5.52 Å². The molecule has 0 amide bonds. The Balaban J connectivity index is 1.44. The van der Waals surface area contributed by atoms with Gasteiger partial charge in [-0.15, -0.1) is 0 Å². The van der Waals surface area contributed by atoms with Crippen molar-refractivity contribution in [3.8, 4) is 33.9 Å². The fourth-order valence-corrected chi connectivity index (χ4v) is 4.67. The number of rotatable bonds is 6. The van der Waals surface area contributed by atoms with E-state index in [-0.39, 0.29) is 0 Å². The molecule has 0 radical (unpaired) electrons. The minimum Gasteiger partial charge on any atom is -0.336 e. The fraction of sp³-hybridized carbons (Fsp3) is 0.120. The van der Waals surface area contributed by atoms with Gasteiger partial charge >= 0.3 is 0 Å². The zero-order chi connectivity index (χ0) is 22.2. The average Bonchev–Trinajstić information content (AvgIpc) is 3.61. The summed E-state index contributed by atoms with van der Waals surface area (Å²) in [6, 6.07) is 14.4. The molecule has 3 N–H and O–H groups in total. The smallest absolute Gasteiger partial charge is 0.161 e. The van der Waals surface area contributed by atoms with Crippen molar-refractivity contribution in [2.24, 2.45) is 0 Å². The minimum atomic E-state index is 0.697. The monoisotopic (exact) mass is 451 g/mol. The third-order valence-corrected chi connectivity index (χ3v) is 6.33.